The van der Waals surface area contributed by atoms with E-state index >= 15 is 0 Å². The van der Waals surface area contributed by atoms with Crippen LogP contribution in [0.1, 0.15) is 11.5 Å². The van der Waals surface area contributed by atoms with E-state index in [0.717, 1.165) is 12.1 Å². The number of benzene rings is 1. The Morgan fingerprint density at radius 3 is 2.62 bits per heavy atom. The maximum atomic E-state index is 12.8. The van der Waals surface area contributed by atoms with Crippen LogP contribution < -0.4 is 0 Å². The van der Waals surface area contributed by atoms with Gasteiger partial charge in [-0.2, -0.15) is 23.5 Å². The van der Waals surface area contributed by atoms with Gasteiger partial charge in [0.2, 0.25) is 5.89 Å². The van der Waals surface area contributed by atoms with E-state index in [0.29, 0.717) is 22.4 Å². The maximum absolute atomic E-state index is 12.8. The Bertz CT molecular complexity index is 1200. The van der Waals surface area contributed by atoms with Crippen LogP contribution in [0.4, 0.5) is 13.2 Å². The Morgan fingerprint density at radius 2 is 1.93 bits per heavy atom. The lowest BCUT2D eigenvalue weighted by molar-refractivity contribution is -0.137. The van der Waals surface area contributed by atoms with Crippen molar-refractivity contribution in [3.63, 3.8) is 0 Å². The summed E-state index contributed by atoms with van der Waals surface area (Å²) in [5.41, 5.74) is 0.411. The van der Waals surface area contributed by atoms with E-state index in [1.165, 1.54) is 21.7 Å². The SMILES string of the molecule is CN(C#N)Cc1nnc(-c2nn(-c3ccc(C(F)(F)F)cc3)c3ncccc23)o1. The minimum atomic E-state index is -4.43. The number of aromatic nitrogens is 5. The van der Waals surface area contributed by atoms with Crippen molar-refractivity contribution >= 4 is 11.0 Å². The van der Waals surface area contributed by atoms with Crippen LogP contribution in [0, 0.1) is 11.5 Å². The van der Waals surface area contributed by atoms with Crippen molar-refractivity contribution in [2.24, 2.45) is 0 Å². The Kier molecular flexibility index (Phi) is 4.38. The zero-order chi connectivity index (χ0) is 20.6. The molecule has 0 aliphatic heterocycles. The molecule has 4 rings (SSSR count). The van der Waals surface area contributed by atoms with Gasteiger partial charge >= 0.3 is 6.18 Å². The summed E-state index contributed by atoms with van der Waals surface area (Å²) in [5, 5.41) is 21.8. The predicted octanol–water partition coefficient (Wildman–Crippen LogP) is 3.40. The Balaban J connectivity index is 1.78. The van der Waals surface area contributed by atoms with E-state index in [2.05, 4.69) is 20.3 Å². The second-order valence-corrected chi connectivity index (χ2v) is 6.14. The normalized spacial score (nSPS) is 11.6. The molecular formula is C18H12F3N7O. The fraction of sp³-hybridized carbons (Fsp3) is 0.167. The number of nitrogens with zero attached hydrogens (tertiary/aromatic N) is 7. The molecule has 0 radical (unpaired) electrons. The summed E-state index contributed by atoms with van der Waals surface area (Å²) >= 11 is 0. The van der Waals surface area contributed by atoms with E-state index in [-0.39, 0.29) is 18.3 Å². The van der Waals surface area contributed by atoms with Crippen LogP contribution in [-0.2, 0) is 12.7 Å². The van der Waals surface area contributed by atoms with Gasteiger partial charge < -0.3 is 9.32 Å². The molecule has 0 unspecified atom stereocenters. The van der Waals surface area contributed by atoms with Gasteiger partial charge in [-0.3, -0.25) is 0 Å². The average molecular weight is 399 g/mol. The second kappa shape index (κ2) is 6.90. The smallest absolute Gasteiger partial charge is 0.416 e. The van der Waals surface area contributed by atoms with Gasteiger partial charge in [-0.15, -0.1) is 10.2 Å². The molecule has 3 aromatic heterocycles. The largest absolute Gasteiger partial charge is 0.417 e. The third-order valence-electron chi connectivity index (χ3n) is 4.09. The summed E-state index contributed by atoms with van der Waals surface area (Å²) in [6.45, 7) is 0.138. The minimum absolute atomic E-state index is 0.120. The molecule has 0 amide bonds. The predicted molar refractivity (Wildman–Crippen MR) is 94.2 cm³/mol. The van der Waals surface area contributed by atoms with Crippen molar-refractivity contribution in [1.82, 2.24) is 29.9 Å². The molecule has 11 heteroatoms. The van der Waals surface area contributed by atoms with E-state index in [9.17, 15) is 13.2 Å². The van der Waals surface area contributed by atoms with Crippen LogP contribution >= 0.6 is 0 Å². The topological polar surface area (TPSA) is 96.7 Å². The molecule has 0 atom stereocenters. The number of rotatable bonds is 4. The fourth-order valence-electron chi connectivity index (χ4n) is 2.73. The molecule has 3 heterocycles. The van der Waals surface area contributed by atoms with E-state index in [4.69, 9.17) is 9.68 Å². The lowest BCUT2D eigenvalue weighted by Gasteiger charge is -2.08. The highest BCUT2D eigenvalue weighted by Crippen LogP contribution is 2.31. The molecule has 4 aromatic rings. The fourth-order valence-corrected chi connectivity index (χ4v) is 2.73. The van der Waals surface area contributed by atoms with Gasteiger partial charge in [0.25, 0.3) is 5.89 Å². The highest BCUT2D eigenvalue weighted by molar-refractivity contribution is 5.89. The summed E-state index contributed by atoms with van der Waals surface area (Å²) in [6.07, 6.45) is -0.946. The standard InChI is InChI=1S/C18H12F3N7O/c1-27(10-22)9-14-24-25-17(29-14)15-13-3-2-8-23-16(13)28(26-15)12-6-4-11(5-7-12)18(19,20)21/h2-8H,9H2,1H3. The Hall–Kier alpha value is -3.94. The van der Waals surface area contributed by atoms with E-state index in [1.54, 1.807) is 25.4 Å². The molecule has 0 aliphatic carbocycles. The number of nitriles is 1. The lowest BCUT2D eigenvalue weighted by atomic mass is 10.2. The van der Waals surface area contributed by atoms with Gasteiger partial charge in [0.05, 0.1) is 16.6 Å². The minimum Gasteiger partial charge on any atom is -0.417 e. The number of hydrogen-bond donors (Lipinski definition) is 0. The summed E-state index contributed by atoms with van der Waals surface area (Å²) in [4.78, 5) is 5.60. The summed E-state index contributed by atoms with van der Waals surface area (Å²) in [6, 6.07) is 8.04. The van der Waals surface area contributed by atoms with Gasteiger partial charge in [-0.25, -0.2) is 9.67 Å². The van der Waals surface area contributed by atoms with Crippen LogP contribution in [0.2, 0.25) is 0 Å². The number of pyridine rings is 1. The van der Waals surface area contributed by atoms with Gasteiger partial charge in [-0.1, -0.05) is 0 Å². The Labute approximate surface area is 161 Å². The number of fused-ring (bicyclic) bond motifs is 1. The average Bonchev–Trinajstić information content (AvgIpc) is 3.32. The second-order valence-electron chi connectivity index (χ2n) is 6.14. The van der Waals surface area contributed by atoms with Crippen molar-refractivity contribution < 1.29 is 17.6 Å². The van der Waals surface area contributed by atoms with Crippen LogP contribution in [0.15, 0.2) is 47.0 Å². The molecule has 0 aliphatic rings. The molecule has 146 valence electrons. The van der Waals surface area contributed by atoms with Gasteiger partial charge in [-0.05, 0) is 36.4 Å². The first-order chi connectivity index (χ1) is 13.9. The molecule has 1 aromatic carbocycles. The molecule has 8 nitrogen and oxygen atoms in total. The number of alkyl halides is 3. The number of halogens is 3. The summed E-state index contributed by atoms with van der Waals surface area (Å²) in [7, 11) is 1.57. The maximum Gasteiger partial charge on any atom is 0.416 e. The quantitative estimate of drug-likeness (QED) is 0.383. The first-order valence-corrected chi connectivity index (χ1v) is 8.32. The first kappa shape index (κ1) is 18.4. The monoisotopic (exact) mass is 399 g/mol. The third kappa shape index (κ3) is 3.47. The van der Waals surface area contributed by atoms with Crippen LogP contribution in [0.25, 0.3) is 28.3 Å². The molecule has 0 spiro atoms. The molecule has 0 bridgehead atoms. The molecule has 0 N–H and O–H groups in total. The molecule has 0 saturated heterocycles. The molecule has 29 heavy (non-hydrogen) atoms. The summed E-state index contributed by atoms with van der Waals surface area (Å²) in [5.74, 6) is 0.347. The zero-order valence-corrected chi connectivity index (χ0v) is 14.9. The molecular weight excluding hydrogens is 387 g/mol. The van der Waals surface area contributed by atoms with Crippen molar-refractivity contribution in [3.8, 4) is 23.5 Å². The molecule has 0 fully saturated rings. The van der Waals surface area contributed by atoms with Crippen LogP contribution in [-0.4, -0.2) is 36.9 Å². The first-order valence-electron chi connectivity index (χ1n) is 8.32. The highest BCUT2D eigenvalue weighted by Gasteiger charge is 2.30. The third-order valence-corrected chi connectivity index (χ3v) is 4.09. The van der Waals surface area contributed by atoms with Crippen molar-refractivity contribution in [2.75, 3.05) is 7.05 Å². The molecule has 0 saturated carbocycles. The summed E-state index contributed by atoms with van der Waals surface area (Å²) < 4.78 is 45.5. The highest BCUT2D eigenvalue weighted by atomic mass is 19.4. The van der Waals surface area contributed by atoms with Crippen molar-refractivity contribution in [3.05, 3.63) is 54.0 Å². The van der Waals surface area contributed by atoms with E-state index in [1.807, 2.05) is 6.19 Å². The Morgan fingerprint density at radius 1 is 1.17 bits per heavy atom. The van der Waals surface area contributed by atoms with Gasteiger partial charge in [0, 0.05) is 13.2 Å². The van der Waals surface area contributed by atoms with E-state index < -0.39 is 11.7 Å². The van der Waals surface area contributed by atoms with Gasteiger partial charge in [0.15, 0.2) is 17.5 Å². The van der Waals surface area contributed by atoms with Crippen LogP contribution in [0.3, 0.4) is 0 Å². The zero-order valence-electron chi connectivity index (χ0n) is 14.9. The van der Waals surface area contributed by atoms with Crippen molar-refractivity contribution in [1.29, 1.82) is 5.26 Å². The lowest BCUT2D eigenvalue weighted by Crippen LogP contribution is -2.10. The van der Waals surface area contributed by atoms with Crippen LogP contribution in [0.5, 0.6) is 0 Å². The van der Waals surface area contributed by atoms with Gasteiger partial charge in [0.1, 0.15) is 6.54 Å². The number of hydrogen-bond acceptors (Lipinski definition) is 7. The van der Waals surface area contributed by atoms with Crippen molar-refractivity contribution in [2.45, 2.75) is 12.7 Å².